The predicted octanol–water partition coefficient (Wildman–Crippen LogP) is 2.25. The average Bonchev–Trinajstić information content (AvgIpc) is 3.30. The molecule has 9 heteroatoms. The van der Waals surface area contributed by atoms with E-state index in [-0.39, 0.29) is 22.6 Å². The number of imide groups is 1. The summed E-state index contributed by atoms with van der Waals surface area (Å²) < 4.78 is 4.99. The number of hydrogen-bond acceptors (Lipinski definition) is 5. The van der Waals surface area contributed by atoms with Crippen molar-refractivity contribution in [3.63, 3.8) is 0 Å². The highest BCUT2D eigenvalue weighted by Crippen LogP contribution is 2.59. The molecule has 1 heterocycles. The number of nitrogens with zero attached hydrogens (tertiary/aromatic N) is 1. The van der Waals surface area contributed by atoms with Gasteiger partial charge in [0.15, 0.2) is 6.61 Å². The van der Waals surface area contributed by atoms with Crippen LogP contribution in [0.5, 0.6) is 0 Å². The van der Waals surface area contributed by atoms with Gasteiger partial charge in [-0.1, -0.05) is 12.1 Å². The number of alkyl halides is 2. The number of rotatable bonds is 5. The minimum Gasteiger partial charge on any atom is -0.454 e. The molecule has 1 N–H and O–H groups in total. The molecule has 0 spiro atoms. The first-order chi connectivity index (χ1) is 14.2. The van der Waals surface area contributed by atoms with Crippen LogP contribution in [0.4, 0.5) is 5.69 Å². The Morgan fingerprint density at radius 2 is 1.70 bits per heavy atom. The van der Waals surface area contributed by atoms with Crippen molar-refractivity contribution in [1.29, 1.82) is 0 Å². The van der Waals surface area contributed by atoms with E-state index in [1.54, 1.807) is 0 Å². The highest BCUT2D eigenvalue weighted by atomic mass is 35.5. The molecule has 0 radical (unpaired) electrons. The summed E-state index contributed by atoms with van der Waals surface area (Å²) in [6.45, 7) is 2.74. The Kier molecular flexibility index (Phi) is 5.53. The average molecular weight is 453 g/mol. The number of aryl methyl sites for hydroxylation is 2. The van der Waals surface area contributed by atoms with Crippen molar-refractivity contribution in [1.82, 2.24) is 4.90 Å². The lowest BCUT2D eigenvalue weighted by molar-refractivity contribution is -0.154. The monoisotopic (exact) mass is 452 g/mol. The predicted molar refractivity (Wildman–Crippen MR) is 110 cm³/mol. The summed E-state index contributed by atoms with van der Waals surface area (Å²) in [5.41, 5.74) is 2.50. The Bertz CT molecular complexity index is 904. The molecule has 1 aliphatic heterocycles. The summed E-state index contributed by atoms with van der Waals surface area (Å²) in [7, 11) is 0. The third-order valence-electron chi connectivity index (χ3n) is 6.40. The van der Waals surface area contributed by atoms with Gasteiger partial charge in [-0.25, -0.2) is 0 Å². The van der Waals surface area contributed by atoms with Gasteiger partial charge in [0.2, 0.25) is 11.8 Å². The van der Waals surface area contributed by atoms with Crippen LogP contribution in [0, 0.1) is 37.5 Å². The van der Waals surface area contributed by atoms with E-state index in [0.717, 1.165) is 16.0 Å². The maximum atomic E-state index is 12.7. The summed E-state index contributed by atoms with van der Waals surface area (Å²) in [6.07, 6.45) is 0.659. The third-order valence-corrected chi connectivity index (χ3v) is 7.72. The summed E-state index contributed by atoms with van der Waals surface area (Å²) >= 11 is 12.6. The zero-order valence-corrected chi connectivity index (χ0v) is 18.1. The molecular formula is C21H22Cl2N2O5. The molecule has 1 aromatic rings. The lowest BCUT2D eigenvalue weighted by Gasteiger charge is -2.28. The SMILES string of the molecule is Cc1ccc(C)c(NC(=O)COC(=O)CN2C(=O)[C@@H]3[C@H]4C[C@@H]([C@H](Cl)[C@H]4Cl)[C@@H]3C2=O)c1. The fourth-order valence-electron chi connectivity index (χ4n) is 4.94. The number of anilines is 1. The van der Waals surface area contributed by atoms with Gasteiger partial charge in [-0.05, 0) is 49.3 Å². The van der Waals surface area contributed by atoms with Crippen LogP contribution in [0.2, 0.25) is 0 Å². The van der Waals surface area contributed by atoms with Gasteiger partial charge in [-0.3, -0.25) is 24.1 Å². The summed E-state index contributed by atoms with van der Waals surface area (Å²) in [6, 6.07) is 5.62. The van der Waals surface area contributed by atoms with Crippen molar-refractivity contribution in [2.24, 2.45) is 23.7 Å². The molecular weight excluding hydrogens is 431 g/mol. The number of likely N-dealkylation sites (tertiary alicyclic amines) is 1. The minimum absolute atomic E-state index is 0.148. The first-order valence-electron chi connectivity index (χ1n) is 9.85. The van der Waals surface area contributed by atoms with Crippen LogP contribution in [0.25, 0.3) is 0 Å². The first kappa shape index (κ1) is 21.1. The molecule has 2 aliphatic carbocycles. The number of esters is 1. The molecule has 0 unspecified atom stereocenters. The van der Waals surface area contributed by atoms with Crippen LogP contribution in [0.15, 0.2) is 18.2 Å². The lowest BCUT2D eigenvalue weighted by Crippen LogP contribution is -2.38. The molecule has 1 saturated heterocycles. The number of ether oxygens (including phenoxy) is 1. The lowest BCUT2D eigenvalue weighted by atomic mass is 9.80. The van der Waals surface area contributed by atoms with Crippen LogP contribution < -0.4 is 5.32 Å². The molecule has 3 amide bonds. The smallest absolute Gasteiger partial charge is 0.326 e. The normalized spacial score (nSPS) is 31.8. The van der Waals surface area contributed by atoms with Crippen molar-refractivity contribution in [2.45, 2.75) is 31.0 Å². The highest BCUT2D eigenvalue weighted by molar-refractivity contribution is 6.31. The van der Waals surface area contributed by atoms with E-state index < -0.39 is 48.7 Å². The van der Waals surface area contributed by atoms with Crippen molar-refractivity contribution in [3.05, 3.63) is 29.3 Å². The molecule has 3 aliphatic rings. The van der Waals surface area contributed by atoms with Gasteiger partial charge in [0.1, 0.15) is 6.54 Å². The van der Waals surface area contributed by atoms with E-state index in [0.29, 0.717) is 12.1 Å². The maximum Gasteiger partial charge on any atom is 0.326 e. The Labute approximate surface area is 184 Å². The fraction of sp³-hybridized carbons (Fsp3) is 0.524. The van der Waals surface area contributed by atoms with Crippen LogP contribution in [0.1, 0.15) is 17.5 Å². The van der Waals surface area contributed by atoms with E-state index in [2.05, 4.69) is 5.32 Å². The quantitative estimate of drug-likeness (QED) is 0.420. The summed E-state index contributed by atoms with van der Waals surface area (Å²) in [5.74, 6) is -3.44. The Hall–Kier alpha value is -2.12. The molecule has 2 bridgehead atoms. The number of amides is 3. The molecule has 7 nitrogen and oxygen atoms in total. The molecule has 1 aromatic carbocycles. The number of benzene rings is 1. The molecule has 160 valence electrons. The number of halogens is 2. The second-order valence-electron chi connectivity index (χ2n) is 8.29. The fourth-order valence-corrected chi connectivity index (χ4v) is 5.84. The Balaban J connectivity index is 1.32. The van der Waals surface area contributed by atoms with E-state index in [9.17, 15) is 19.2 Å². The minimum atomic E-state index is -0.815. The largest absolute Gasteiger partial charge is 0.454 e. The Morgan fingerprint density at radius 1 is 1.10 bits per heavy atom. The maximum absolute atomic E-state index is 12.7. The molecule has 30 heavy (non-hydrogen) atoms. The molecule has 6 atom stereocenters. The molecule has 0 aromatic heterocycles. The zero-order chi connectivity index (χ0) is 21.7. The van der Waals surface area contributed by atoms with Gasteiger partial charge in [0, 0.05) is 5.69 Å². The van der Waals surface area contributed by atoms with Crippen LogP contribution in [0.3, 0.4) is 0 Å². The molecule has 4 rings (SSSR count). The van der Waals surface area contributed by atoms with Gasteiger partial charge < -0.3 is 10.1 Å². The van der Waals surface area contributed by atoms with Crippen LogP contribution in [-0.4, -0.2) is 52.5 Å². The number of carbonyl (C=O) groups excluding carboxylic acids is 4. The van der Waals surface area contributed by atoms with Gasteiger partial charge in [-0.2, -0.15) is 0 Å². The topological polar surface area (TPSA) is 92.8 Å². The van der Waals surface area contributed by atoms with Crippen molar-refractivity contribution in [3.8, 4) is 0 Å². The van der Waals surface area contributed by atoms with Gasteiger partial charge in [0.05, 0.1) is 22.6 Å². The standard InChI is InChI=1S/C21H22Cl2N2O5/c1-9-3-4-10(2)13(5-9)24-14(26)8-30-15(27)7-25-20(28)16-11-6-12(17(16)21(25)29)19(23)18(11)22/h3-5,11-12,16-19H,6-8H2,1-2H3,(H,24,26)/t11-,12-,16-,17+,18+,19+/m1/s1. The summed E-state index contributed by atoms with van der Waals surface area (Å²) in [5, 5.41) is 1.98. The van der Waals surface area contributed by atoms with Crippen molar-refractivity contribution < 1.29 is 23.9 Å². The van der Waals surface area contributed by atoms with Gasteiger partial charge in [0.25, 0.3) is 5.91 Å². The molecule has 3 fully saturated rings. The van der Waals surface area contributed by atoms with Crippen molar-refractivity contribution in [2.75, 3.05) is 18.5 Å². The number of nitrogens with one attached hydrogen (secondary N) is 1. The molecule has 2 saturated carbocycles. The van der Waals surface area contributed by atoms with Gasteiger partial charge in [-0.15, -0.1) is 23.2 Å². The second kappa shape index (κ2) is 7.85. The van der Waals surface area contributed by atoms with Crippen LogP contribution in [-0.2, 0) is 23.9 Å². The van der Waals surface area contributed by atoms with E-state index in [4.69, 9.17) is 27.9 Å². The summed E-state index contributed by atoms with van der Waals surface area (Å²) in [4.78, 5) is 50.7. The van der Waals surface area contributed by atoms with Crippen molar-refractivity contribution >= 4 is 52.6 Å². The zero-order valence-electron chi connectivity index (χ0n) is 16.6. The number of fused-ring (bicyclic) bond motifs is 5. The second-order valence-corrected chi connectivity index (χ2v) is 9.30. The van der Waals surface area contributed by atoms with E-state index in [1.165, 1.54) is 0 Å². The highest BCUT2D eigenvalue weighted by Gasteiger charge is 2.66. The van der Waals surface area contributed by atoms with E-state index in [1.807, 2.05) is 32.0 Å². The van der Waals surface area contributed by atoms with Gasteiger partial charge >= 0.3 is 5.97 Å². The first-order valence-corrected chi connectivity index (χ1v) is 10.7. The van der Waals surface area contributed by atoms with E-state index >= 15 is 0 Å². The third kappa shape index (κ3) is 3.48. The number of hydrogen-bond donors (Lipinski definition) is 1. The number of carbonyl (C=O) groups is 4. The van der Waals surface area contributed by atoms with Crippen LogP contribution >= 0.6 is 23.2 Å². The Morgan fingerprint density at radius 3 is 2.30 bits per heavy atom.